The molecule has 0 radical (unpaired) electrons. The summed E-state index contributed by atoms with van der Waals surface area (Å²) in [5.74, 6) is 1.54. The van der Waals surface area contributed by atoms with Gasteiger partial charge < -0.3 is 19.7 Å². The van der Waals surface area contributed by atoms with Crippen LogP contribution in [-0.2, 0) is 16.5 Å². The first-order valence-electron chi connectivity index (χ1n) is 8.47. The molecule has 0 spiro atoms. The summed E-state index contributed by atoms with van der Waals surface area (Å²) < 4.78 is 13.2. The van der Waals surface area contributed by atoms with E-state index in [1.54, 1.807) is 0 Å². The fourth-order valence-corrected chi connectivity index (χ4v) is 3.02. The van der Waals surface area contributed by atoms with E-state index in [4.69, 9.17) is 14.5 Å². The normalized spacial score (nSPS) is 25.8. The van der Waals surface area contributed by atoms with E-state index in [1.807, 2.05) is 24.1 Å². The van der Waals surface area contributed by atoms with Crippen molar-refractivity contribution >= 4 is 5.96 Å². The highest BCUT2D eigenvalue weighted by atomic mass is 16.5. The number of nitrogens with one attached hydrogen (secondary N) is 1. The predicted molar refractivity (Wildman–Crippen MR) is 88.4 cm³/mol. The molecule has 0 aliphatic carbocycles. The molecule has 2 saturated heterocycles. The molecule has 7 nitrogen and oxygen atoms in total. The Hall–Kier alpha value is -1.60. The van der Waals surface area contributed by atoms with Crippen molar-refractivity contribution in [2.45, 2.75) is 19.4 Å². The van der Waals surface area contributed by atoms with Crippen LogP contribution in [0.15, 0.2) is 17.4 Å². The SMILES string of the molecule is CCNC(=NCC1CCOC1)N1CCOC(c2cnn(C)c2)C1. The number of nitrogens with zero attached hydrogens (tertiary/aromatic N) is 4. The fourth-order valence-electron chi connectivity index (χ4n) is 3.02. The molecule has 7 heteroatoms. The lowest BCUT2D eigenvalue weighted by molar-refractivity contribution is -0.00806. The molecule has 0 saturated carbocycles. The minimum Gasteiger partial charge on any atom is -0.381 e. The standard InChI is InChI=1S/C16H27N5O2/c1-3-17-16(18-8-13-4-6-22-12-13)21-5-7-23-15(11-21)14-9-19-20(2)10-14/h9-10,13,15H,3-8,11-12H2,1-2H3,(H,17,18). The van der Waals surface area contributed by atoms with E-state index < -0.39 is 0 Å². The zero-order chi connectivity index (χ0) is 16.1. The van der Waals surface area contributed by atoms with Gasteiger partial charge in [0.2, 0.25) is 0 Å². The minimum absolute atomic E-state index is 0.0520. The summed E-state index contributed by atoms with van der Waals surface area (Å²) in [5, 5.41) is 7.66. The van der Waals surface area contributed by atoms with Crippen molar-refractivity contribution in [1.29, 1.82) is 0 Å². The molecule has 2 atom stereocenters. The van der Waals surface area contributed by atoms with Gasteiger partial charge in [-0.1, -0.05) is 0 Å². The Morgan fingerprint density at radius 3 is 3.09 bits per heavy atom. The largest absolute Gasteiger partial charge is 0.381 e. The average Bonchev–Trinajstić information content (AvgIpc) is 3.23. The number of hydrogen-bond donors (Lipinski definition) is 1. The first kappa shape index (κ1) is 16.3. The van der Waals surface area contributed by atoms with E-state index in [0.717, 1.165) is 57.3 Å². The lowest BCUT2D eigenvalue weighted by Crippen LogP contribution is -2.48. The maximum absolute atomic E-state index is 5.92. The maximum atomic E-state index is 5.92. The number of guanidine groups is 1. The van der Waals surface area contributed by atoms with E-state index in [2.05, 4.69) is 22.2 Å². The summed E-state index contributed by atoms with van der Waals surface area (Å²) in [7, 11) is 1.93. The maximum Gasteiger partial charge on any atom is 0.194 e. The summed E-state index contributed by atoms with van der Waals surface area (Å²) in [6.07, 6.45) is 5.07. The van der Waals surface area contributed by atoms with Gasteiger partial charge in [0.1, 0.15) is 6.10 Å². The molecule has 23 heavy (non-hydrogen) atoms. The van der Waals surface area contributed by atoms with Gasteiger partial charge in [0.25, 0.3) is 0 Å². The second-order valence-electron chi connectivity index (χ2n) is 6.18. The Balaban J connectivity index is 1.64. The topological polar surface area (TPSA) is 63.9 Å². The van der Waals surface area contributed by atoms with Crippen molar-refractivity contribution < 1.29 is 9.47 Å². The highest BCUT2D eigenvalue weighted by Crippen LogP contribution is 2.22. The predicted octanol–water partition coefficient (Wildman–Crippen LogP) is 0.795. The Labute approximate surface area is 137 Å². The van der Waals surface area contributed by atoms with Gasteiger partial charge in [0, 0.05) is 51.0 Å². The molecule has 2 fully saturated rings. The van der Waals surface area contributed by atoms with Crippen LogP contribution in [0.25, 0.3) is 0 Å². The number of ether oxygens (including phenoxy) is 2. The van der Waals surface area contributed by atoms with Crippen LogP contribution in [0.5, 0.6) is 0 Å². The van der Waals surface area contributed by atoms with Crippen LogP contribution in [0, 0.1) is 5.92 Å². The summed E-state index contributed by atoms with van der Waals surface area (Å²) in [6, 6.07) is 0. The number of aliphatic imine (C=N–C) groups is 1. The smallest absolute Gasteiger partial charge is 0.194 e. The number of aryl methyl sites for hydroxylation is 1. The Morgan fingerprint density at radius 1 is 1.48 bits per heavy atom. The molecule has 2 aliphatic rings. The summed E-state index contributed by atoms with van der Waals surface area (Å²) in [5.41, 5.74) is 1.12. The van der Waals surface area contributed by atoms with Crippen LogP contribution < -0.4 is 5.32 Å². The van der Waals surface area contributed by atoms with Crippen molar-refractivity contribution in [3.63, 3.8) is 0 Å². The van der Waals surface area contributed by atoms with Gasteiger partial charge in [0.15, 0.2) is 5.96 Å². The second-order valence-corrected chi connectivity index (χ2v) is 6.18. The van der Waals surface area contributed by atoms with Gasteiger partial charge >= 0.3 is 0 Å². The van der Waals surface area contributed by atoms with Crippen molar-refractivity contribution in [1.82, 2.24) is 20.0 Å². The van der Waals surface area contributed by atoms with E-state index in [9.17, 15) is 0 Å². The van der Waals surface area contributed by atoms with Gasteiger partial charge in [-0.3, -0.25) is 9.67 Å². The zero-order valence-corrected chi connectivity index (χ0v) is 14.1. The minimum atomic E-state index is 0.0520. The van der Waals surface area contributed by atoms with Crippen molar-refractivity contribution in [2.75, 3.05) is 46.0 Å². The number of morpholine rings is 1. The molecule has 1 aromatic heterocycles. The molecule has 1 aromatic rings. The molecule has 0 amide bonds. The van der Waals surface area contributed by atoms with E-state index in [1.165, 1.54) is 0 Å². The van der Waals surface area contributed by atoms with Gasteiger partial charge in [0.05, 0.1) is 26.0 Å². The first-order valence-corrected chi connectivity index (χ1v) is 8.47. The molecular formula is C16H27N5O2. The third kappa shape index (κ3) is 4.23. The summed E-state index contributed by atoms with van der Waals surface area (Å²) in [4.78, 5) is 7.12. The van der Waals surface area contributed by atoms with Crippen LogP contribution in [0.2, 0.25) is 0 Å². The summed E-state index contributed by atoms with van der Waals surface area (Å²) >= 11 is 0. The molecular weight excluding hydrogens is 294 g/mol. The van der Waals surface area contributed by atoms with Crippen molar-refractivity contribution in [3.05, 3.63) is 18.0 Å². The lowest BCUT2D eigenvalue weighted by atomic mass is 10.1. The Bertz CT molecular complexity index is 524. The second kappa shape index (κ2) is 7.79. The molecule has 3 rings (SSSR count). The van der Waals surface area contributed by atoms with E-state index in [-0.39, 0.29) is 6.10 Å². The number of aromatic nitrogens is 2. The van der Waals surface area contributed by atoms with E-state index in [0.29, 0.717) is 12.5 Å². The van der Waals surface area contributed by atoms with Crippen LogP contribution in [0.1, 0.15) is 25.0 Å². The van der Waals surface area contributed by atoms with Gasteiger partial charge in [-0.2, -0.15) is 5.10 Å². The average molecular weight is 321 g/mol. The first-order chi connectivity index (χ1) is 11.3. The molecule has 128 valence electrons. The molecule has 0 aromatic carbocycles. The van der Waals surface area contributed by atoms with Crippen molar-refractivity contribution in [2.24, 2.45) is 18.0 Å². The van der Waals surface area contributed by atoms with Crippen molar-refractivity contribution in [3.8, 4) is 0 Å². The van der Waals surface area contributed by atoms with Gasteiger partial charge in [-0.15, -0.1) is 0 Å². The molecule has 0 bridgehead atoms. The quantitative estimate of drug-likeness (QED) is 0.656. The Morgan fingerprint density at radius 2 is 2.39 bits per heavy atom. The third-order valence-corrected chi connectivity index (χ3v) is 4.32. The third-order valence-electron chi connectivity index (χ3n) is 4.32. The zero-order valence-electron chi connectivity index (χ0n) is 14.1. The Kier molecular flexibility index (Phi) is 5.51. The monoisotopic (exact) mass is 321 g/mol. The van der Waals surface area contributed by atoms with Crippen LogP contribution in [0.4, 0.5) is 0 Å². The summed E-state index contributed by atoms with van der Waals surface area (Å²) in [6.45, 7) is 7.89. The fraction of sp³-hybridized carbons (Fsp3) is 0.750. The molecule has 3 heterocycles. The molecule has 2 aliphatic heterocycles. The van der Waals surface area contributed by atoms with Crippen LogP contribution in [-0.4, -0.2) is 66.6 Å². The molecule has 1 N–H and O–H groups in total. The molecule has 2 unspecified atom stereocenters. The highest BCUT2D eigenvalue weighted by Gasteiger charge is 2.25. The highest BCUT2D eigenvalue weighted by molar-refractivity contribution is 5.80. The number of rotatable bonds is 4. The van der Waals surface area contributed by atoms with Gasteiger partial charge in [-0.05, 0) is 13.3 Å². The van der Waals surface area contributed by atoms with Crippen LogP contribution in [0.3, 0.4) is 0 Å². The lowest BCUT2D eigenvalue weighted by Gasteiger charge is -2.35. The van der Waals surface area contributed by atoms with Gasteiger partial charge in [-0.25, -0.2) is 0 Å². The van der Waals surface area contributed by atoms with E-state index >= 15 is 0 Å². The number of hydrogen-bond acceptors (Lipinski definition) is 4. The van der Waals surface area contributed by atoms with Crippen LogP contribution >= 0.6 is 0 Å².